The molecule has 0 bridgehead atoms. The molecule has 8 nitrogen and oxygen atoms in total. The van der Waals surface area contributed by atoms with Crippen molar-refractivity contribution in [2.45, 2.75) is 6.54 Å². The van der Waals surface area contributed by atoms with Crippen LogP contribution in [0.15, 0.2) is 73.2 Å². The number of pyridine rings is 2. The predicted octanol–water partition coefficient (Wildman–Crippen LogP) is 3.43. The van der Waals surface area contributed by atoms with Crippen molar-refractivity contribution in [1.82, 2.24) is 24.4 Å². The molecule has 6 rings (SSSR count). The molecule has 0 spiro atoms. The summed E-state index contributed by atoms with van der Waals surface area (Å²) >= 11 is 0. The average molecular weight is 499 g/mol. The molecular formula is C29H34N6O2. The molecule has 2 fully saturated rings. The van der Waals surface area contributed by atoms with E-state index in [2.05, 4.69) is 68.3 Å². The summed E-state index contributed by atoms with van der Waals surface area (Å²) in [5.74, 6) is 1.85. The number of benzene rings is 1. The predicted molar refractivity (Wildman–Crippen MR) is 145 cm³/mol. The van der Waals surface area contributed by atoms with Crippen LogP contribution in [0.25, 0.3) is 16.6 Å². The third-order valence-corrected chi connectivity index (χ3v) is 7.27. The van der Waals surface area contributed by atoms with Crippen molar-refractivity contribution in [1.29, 1.82) is 0 Å². The van der Waals surface area contributed by atoms with Gasteiger partial charge in [0.15, 0.2) is 0 Å². The summed E-state index contributed by atoms with van der Waals surface area (Å²) in [6.07, 6.45) is 5.76. The van der Waals surface area contributed by atoms with Gasteiger partial charge in [0.25, 0.3) is 0 Å². The minimum Gasteiger partial charge on any atom is -0.491 e. The molecule has 0 N–H and O–H groups in total. The fourth-order valence-electron chi connectivity index (χ4n) is 5.14. The van der Waals surface area contributed by atoms with Crippen LogP contribution in [-0.2, 0) is 11.3 Å². The van der Waals surface area contributed by atoms with E-state index >= 15 is 0 Å². The van der Waals surface area contributed by atoms with E-state index in [1.54, 1.807) is 0 Å². The number of fused-ring (bicyclic) bond motifs is 1. The Hall–Kier alpha value is -3.46. The van der Waals surface area contributed by atoms with Crippen molar-refractivity contribution in [3.05, 3.63) is 78.8 Å². The van der Waals surface area contributed by atoms with Crippen LogP contribution >= 0.6 is 0 Å². The fourth-order valence-corrected chi connectivity index (χ4v) is 5.14. The molecule has 2 aliphatic rings. The van der Waals surface area contributed by atoms with E-state index < -0.39 is 0 Å². The Morgan fingerprint density at radius 1 is 0.865 bits per heavy atom. The summed E-state index contributed by atoms with van der Waals surface area (Å²) < 4.78 is 13.5. The van der Waals surface area contributed by atoms with Crippen molar-refractivity contribution >= 4 is 11.3 Å². The lowest BCUT2D eigenvalue weighted by Crippen LogP contribution is -2.46. The minimum atomic E-state index is 0.639. The maximum Gasteiger partial charge on any atom is 0.138 e. The second-order valence-corrected chi connectivity index (χ2v) is 9.71. The van der Waals surface area contributed by atoms with Crippen molar-refractivity contribution in [2.75, 3.05) is 70.5 Å². The van der Waals surface area contributed by atoms with E-state index in [4.69, 9.17) is 14.5 Å². The molecule has 0 unspecified atom stereocenters. The summed E-state index contributed by atoms with van der Waals surface area (Å²) in [7, 11) is 0. The molecule has 0 amide bonds. The maximum atomic E-state index is 6.14. The van der Waals surface area contributed by atoms with Crippen molar-refractivity contribution in [3.63, 3.8) is 0 Å². The van der Waals surface area contributed by atoms with Gasteiger partial charge in [-0.1, -0.05) is 30.3 Å². The maximum absolute atomic E-state index is 6.14. The molecule has 0 radical (unpaired) electrons. The van der Waals surface area contributed by atoms with Crippen LogP contribution in [0.3, 0.4) is 0 Å². The number of rotatable bonds is 8. The number of morpholine rings is 1. The lowest BCUT2D eigenvalue weighted by atomic mass is 10.1. The zero-order valence-corrected chi connectivity index (χ0v) is 21.2. The molecule has 2 aliphatic heterocycles. The van der Waals surface area contributed by atoms with Crippen LogP contribution in [0.1, 0.15) is 5.56 Å². The first-order valence-electron chi connectivity index (χ1n) is 13.2. The molecule has 2 saturated heterocycles. The molecule has 8 heteroatoms. The van der Waals surface area contributed by atoms with Crippen molar-refractivity contribution < 1.29 is 9.47 Å². The molecule has 0 aliphatic carbocycles. The number of anilines is 1. The average Bonchev–Trinajstić information content (AvgIpc) is 3.43. The number of nitrogens with zero attached hydrogens (tertiary/aromatic N) is 6. The van der Waals surface area contributed by atoms with Gasteiger partial charge in [0, 0.05) is 69.7 Å². The Bertz CT molecular complexity index is 1280. The van der Waals surface area contributed by atoms with Gasteiger partial charge in [-0.05, 0) is 29.8 Å². The van der Waals surface area contributed by atoms with E-state index in [-0.39, 0.29) is 0 Å². The van der Waals surface area contributed by atoms with E-state index in [1.165, 1.54) is 5.56 Å². The number of piperazine rings is 1. The SMILES string of the molecule is c1ccc(CN2CCN(c3ccc(-c4cc(OCCN5CCOCC5)cn5nccc45)cn3)CC2)cc1. The summed E-state index contributed by atoms with van der Waals surface area (Å²) in [6, 6.07) is 19.2. The van der Waals surface area contributed by atoms with Crippen LogP contribution in [0.2, 0.25) is 0 Å². The molecule has 3 aromatic heterocycles. The van der Waals surface area contributed by atoms with Crippen molar-refractivity contribution in [2.24, 2.45) is 0 Å². The first-order chi connectivity index (χ1) is 18.3. The first-order valence-corrected chi connectivity index (χ1v) is 13.2. The summed E-state index contributed by atoms with van der Waals surface area (Å²) in [5.41, 5.74) is 4.56. The topological polar surface area (TPSA) is 58.4 Å². The van der Waals surface area contributed by atoms with Crippen LogP contribution in [0.4, 0.5) is 5.82 Å². The van der Waals surface area contributed by atoms with E-state index in [0.717, 1.165) is 93.8 Å². The van der Waals surface area contributed by atoms with E-state index in [0.29, 0.717) is 6.61 Å². The Kier molecular flexibility index (Phi) is 7.30. The highest BCUT2D eigenvalue weighted by atomic mass is 16.5. The molecule has 5 heterocycles. The zero-order chi connectivity index (χ0) is 24.9. The second kappa shape index (κ2) is 11.3. The quantitative estimate of drug-likeness (QED) is 0.369. The van der Waals surface area contributed by atoms with Gasteiger partial charge in [-0.3, -0.25) is 9.80 Å². The molecule has 192 valence electrons. The summed E-state index contributed by atoms with van der Waals surface area (Å²) in [4.78, 5) is 12.1. The highest BCUT2D eigenvalue weighted by molar-refractivity contribution is 5.81. The monoisotopic (exact) mass is 498 g/mol. The first kappa shape index (κ1) is 23.9. The Morgan fingerprint density at radius 2 is 1.70 bits per heavy atom. The van der Waals surface area contributed by atoms with Gasteiger partial charge in [-0.15, -0.1) is 0 Å². The number of aromatic nitrogens is 3. The zero-order valence-electron chi connectivity index (χ0n) is 21.2. The van der Waals surface area contributed by atoms with Crippen LogP contribution in [0.5, 0.6) is 5.75 Å². The highest BCUT2D eigenvalue weighted by Crippen LogP contribution is 2.29. The smallest absolute Gasteiger partial charge is 0.138 e. The van der Waals surface area contributed by atoms with Crippen LogP contribution in [0, 0.1) is 0 Å². The Morgan fingerprint density at radius 3 is 2.49 bits per heavy atom. The number of ether oxygens (including phenoxy) is 2. The lowest BCUT2D eigenvalue weighted by molar-refractivity contribution is 0.0322. The standard InChI is InChI=1S/C29H34N6O2/c1-2-4-24(5-3-1)22-33-10-12-34(13-11-33)29-7-6-25(21-30-29)27-20-26(23-35-28(27)8-9-31-35)37-19-16-32-14-17-36-18-15-32/h1-9,20-21,23H,10-19,22H2. The highest BCUT2D eigenvalue weighted by Gasteiger charge is 2.19. The molecule has 4 aromatic rings. The number of hydrogen-bond acceptors (Lipinski definition) is 7. The Balaban J connectivity index is 1.10. The largest absolute Gasteiger partial charge is 0.491 e. The third kappa shape index (κ3) is 5.77. The minimum absolute atomic E-state index is 0.639. The van der Waals surface area contributed by atoms with Crippen LogP contribution < -0.4 is 9.64 Å². The van der Waals surface area contributed by atoms with E-state index in [9.17, 15) is 0 Å². The third-order valence-electron chi connectivity index (χ3n) is 7.27. The van der Waals surface area contributed by atoms with Gasteiger partial charge in [-0.25, -0.2) is 9.50 Å². The molecule has 0 saturated carbocycles. The van der Waals surface area contributed by atoms with Gasteiger partial charge in [-0.2, -0.15) is 5.10 Å². The molecule has 0 atom stereocenters. The van der Waals surface area contributed by atoms with Gasteiger partial charge in [0.1, 0.15) is 18.2 Å². The molecular weight excluding hydrogens is 464 g/mol. The second-order valence-electron chi connectivity index (χ2n) is 9.71. The van der Waals surface area contributed by atoms with Gasteiger partial charge >= 0.3 is 0 Å². The van der Waals surface area contributed by atoms with E-state index in [1.807, 2.05) is 29.2 Å². The summed E-state index contributed by atoms with van der Waals surface area (Å²) in [6.45, 7) is 10.1. The number of hydrogen-bond donors (Lipinski definition) is 0. The fraction of sp³-hybridized carbons (Fsp3) is 0.379. The van der Waals surface area contributed by atoms with Gasteiger partial charge in [0.2, 0.25) is 0 Å². The Labute approximate surface area is 218 Å². The van der Waals surface area contributed by atoms with Crippen molar-refractivity contribution in [3.8, 4) is 16.9 Å². The normalized spacial score (nSPS) is 17.4. The molecule has 37 heavy (non-hydrogen) atoms. The van der Waals surface area contributed by atoms with Crippen LogP contribution in [-0.4, -0.2) is 90.0 Å². The van der Waals surface area contributed by atoms with Gasteiger partial charge in [0.05, 0.1) is 31.1 Å². The lowest BCUT2D eigenvalue weighted by Gasteiger charge is -2.35. The molecule has 1 aromatic carbocycles. The summed E-state index contributed by atoms with van der Waals surface area (Å²) in [5, 5.41) is 4.47. The van der Waals surface area contributed by atoms with Gasteiger partial charge < -0.3 is 14.4 Å².